The summed E-state index contributed by atoms with van der Waals surface area (Å²) < 4.78 is 37.0. The molecular weight excluding hydrogens is 554 g/mol. The molecule has 0 aliphatic carbocycles. The summed E-state index contributed by atoms with van der Waals surface area (Å²) in [5.74, 6) is -0.746. The van der Waals surface area contributed by atoms with Crippen molar-refractivity contribution in [1.29, 1.82) is 0 Å². The highest BCUT2D eigenvalue weighted by atomic mass is 32.2. The summed E-state index contributed by atoms with van der Waals surface area (Å²) in [7, 11) is -1.51. The monoisotopic (exact) mass is 599 g/mol. The van der Waals surface area contributed by atoms with Crippen LogP contribution in [0.4, 0.5) is 15.3 Å². The maximum absolute atomic E-state index is 13.6. The van der Waals surface area contributed by atoms with Crippen molar-refractivity contribution in [2.75, 3.05) is 18.1 Å². The van der Waals surface area contributed by atoms with Crippen molar-refractivity contribution in [3.05, 3.63) is 65.1 Å². The third kappa shape index (κ3) is 9.51. The van der Waals surface area contributed by atoms with Gasteiger partial charge in [-0.2, -0.15) is 4.90 Å². The van der Waals surface area contributed by atoms with E-state index in [2.05, 4.69) is 6.92 Å². The molecule has 3 rings (SSSR count). The summed E-state index contributed by atoms with van der Waals surface area (Å²) in [5.41, 5.74) is 0.845. The molecule has 0 spiro atoms. The topological polar surface area (TPSA) is 91.4 Å². The summed E-state index contributed by atoms with van der Waals surface area (Å²) >= 11 is 0. The van der Waals surface area contributed by atoms with Gasteiger partial charge in [-0.25, -0.2) is 13.8 Å². The highest BCUT2D eigenvalue weighted by Crippen LogP contribution is 2.37. The number of anilines is 1. The van der Waals surface area contributed by atoms with Crippen LogP contribution in [-0.2, 0) is 29.7 Å². The van der Waals surface area contributed by atoms with E-state index in [-0.39, 0.29) is 5.69 Å². The van der Waals surface area contributed by atoms with Gasteiger partial charge in [0.2, 0.25) is 0 Å². The Bertz CT molecular complexity index is 1250. The number of ether oxygens (including phenoxy) is 4. The first-order valence-electron chi connectivity index (χ1n) is 14.4. The van der Waals surface area contributed by atoms with Crippen LogP contribution >= 0.6 is 0 Å². The minimum atomic E-state index is -1.51. The minimum Gasteiger partial charge on any atom is -0.443 e. The minimum absolute atomic E-state index is 0.269. The van der Waals surface area contributed by atoms with Gasteiger partial charge in [0, 0.05) is 28.7 Å². The van der Waals surface area contributed by atoms with Crippen LogP contribution in [0.5, 0.6) is 0 Å². The first-order valence-corrected chi connectivity index (χ1v) is 15.7. The average Bonchev–Trinajstić information content (AvgIpc) is 3.34. The van der Waals surface area contributed by atoms with E-state index in [9.17, 15) is 13.8 Å². The Labute approximate surface area is 252 Å². The number of aryl methyl sites for hydroxylation is 1. The van der Waals surface area contributed by atoms with Gasteiger partial charge < -0.3 is 18.9 Å². The molecule has 230 valence electrons. The third-order valence-corrected chi connectivity index (χ3v) is 7.60. The SMILES string of the molecule is CCCC1(CC/C(=C/S(=O)c2ccc(C)cc2)c2ccccc2N(C(=O)OC(C)(C)C)C(=O)OC(C)(C)C)OCCO1. The summed E-state index contributed by atoms with van der Waals surface area (Å²) in [6, 6.07) is 14.5. The van der Waals surface area contributed by atoms with Gasteiger partial charge >= 0.3 is 12.2 Å². The van der Waals surface area contributed by atoms with Crippen LogP contribution < -0.4 is 4.90 Å². The Balaban J connectivity index is 2.14. The molecule has 1 aliphatic rings. The first-order chi connectivity index (χ1) is 19.6. The van der Waals surface area contributed by atoms with Gasteiger partial charge in [-0.3, -0.25) is 0 Å². The number of amides is 2. The lowest BCUT2D eigenvalue weighted by Crippen LogP contribution is -2.44. The second-order valence-electron chi connectivity index (χ2n) is 12.4. The van der Waals surface area contributed by atoms with Crippen LogP contribution in [0.25, 0.3) is 5.57 Å². The molecular formula is C33H45NO7S. The zero-order valence-corrected chi connectivity index (χ0v) is 27.0. The fourth-order valence-corrected chi connectivity index (χ4v) is 5.61. The van der Waals surface area contributed by atoms with E-state index in [1.807, 2.05) is 37.3 Å². The molecule has 1 aliphatic heterocycles. The Hall–Kier alpha value is -3.01. The smallest absolute Gasteiger partial charge is 0.424 e. The Morgan fingerprint density at radius 3 is 1.98 bits per heavy atom. The number of benzene rings is 2. The number of para-hydroxylation sites is 1. The molecule has 1 atom stereocenters. The summed E-state index contributed by atoms with van der Waals surface area (Å²) in [5, 5.41) is 1.68. The maximum Gasteiger partial charge on any atom is 0.424 e. The average molecular weight is 600 g/mol. The standard InChI is InChI=1S/C33H45NO7S/c1-9-19-33(38-21-22-39-33)20-18-25(23-42(37)26-16-14-24(2)15-17-26)27-12-10-11-13-28(27)34(29(35)40-31(3,4)5)30(36)41-32(6,7)8/h10-17,23H,9,18-22H2,1-8H3/b25-23-. The second kappa shape index (κ2) is 14.0. The highest BCUT2D eigenvalue weighted by molar-refractivity contribution is 7.88. The number of carbonyl (C=O) groups excluding carboxylic acids is 2. The van der Waals surface area contributed by atoms with Crippen molar-refractivity contribution in [1.82, 2.24) is 0 Å². The number of allylic oxidation sites excluding steroid dienone is 1. The Morgan fingerprint density at radius 1 is 0.905 bits per heavy atom. The number of imide groups is 1. The van der Waals surface area contributed by atoms with E-state index in [1.54, 1.807) is 65.1 Å². The van der Waals surface area contributed by atoms with Crippen LogP contribution in [0.3, 0.4) is 0 Å². The van der Waals surface area contributed by atoms with Crippen molar-refractivity contribution in [3.8, 4) is 0 Å². The molecule has 0 bridgehead atoms. The van der Waals surface area contributed by atoms with Crippen LogP contribution in [-0.4, -0.2) is 46.6 Å². The van der Waals surface area contributed by atoms with E-state index in [1.165, 1.54) is 0 Å². The lowest BCUT2D eigenvalue weighted by atomic mass is 9.96. The van der Waals surface area contributed by atoms with Gasteiger partial charge in [-0.05, 0) is 78.7 Å². The van der Waals surface area contributed by atoms with Crippen LogP contribution in [0, 0.1) is 6.92 Å². The zero-order chi connectivity index (χ0) is 31.1. The molecule has 2 aromatic rings. The van der Waals surface area contributed by atoms with E-state index in [0.29, 0.717) is 48.5 Å². The van der Waals surface area contributed by atoms with E-state index < -0.39 is 40.0 Å². The highest BCUT2D eigenvalue weighted by Gasteiger charge is 2.37. The van der Waals surface area contributed by atoms with Crippen molar-refractivity contribution < 1.29 is 32.7 Å². The Morgan fingerprint density at radius 2 is 1.45 bits per heavy atom. The van der Waals surface area contributed by atoms with Crippen molar-refractivity contribution >= 4 is 34.2 Å². The molecule has 1 saturated heterocycles. The van der Waals surface area contributed by atoms with E-state index in [0.717, 1.165) is 16.9 Å². The predicted molar refractivity (Wildman–Crippen MR) is 166 cm³/mol. The molecule has 8 nitrogen and oxygen atoms in total. The van der Waals surface area contributed by atoms with Gasteiger partial charge in [0.15, 0.2) is 5.79 Å². The maximum atomic E-state index is 13.6. The predicted octanol–water partition coefficient (Wildman–Crippen LogP) is 8.14. The molecule has 42 heavy (non-hydrogen) atoms. The van der Waals surface area contributed by atoms with Gasteiger partial charge in [0.05, 0.1) is 29.7 Å². The fourth-order valence-electron chi connectivity index (χ4n) is 4.57. The molecule has 0 saturated carbocycles. The molecule has 0 radical (unpaired) electrons. The van der Waals surface area contributed by atoms with Crippen LogP contribution in [0.2, 0.25) is 0 Å². The largest absolute Gasteiger partial charge is 0.443 e. The number of nitrogens with zero attached hydrogens (tertiary/aromatic N) is 1. The van der Waals surface area contributed by atoms with Crippen LogP contribution in [0.15, 0.2) is 58.8 Å². The second-order valence-corrected chi connectivity index (χ2v) is 13.7. The van der Waals surface area contributed by atoms with Gasteiger partial charge in [0.25, 0.3) is 0 Å². The van der Waals surface area contributed by atoms with Crippen molar-refractivity contribution in [2.24, 2.45) is 0 Å². The van der Waals surface area contributed by atoms with Crippen molar-refractivity contribution in [2.45, 2.75) is 103 Å². The number of carbonyl (C=O) groups is 2. The Kier molecular flexibility index (Phi) is 11.1. The summed E-state index contributed by atoms with van der Waals surface area (Å²) in [4.78, 5) is 28.6. The molecule has 2 aromatic carbocycles. The number of hydrogen-bond acceptors (Lipinski definition) is 7. The molecule has 0 aromatic heterocycles. The van der Waals surface area contributed by atoms with Gasteiger partial charge in [-0.15, -0.1) is 0 Å². The molecule has 1 fully saturated rings. The molecule has 1 heterocycles. The van der Waals surface area contributed by atoms with Crippen LogP contribution in [0.1, 0.15) is 85.3 Å². The number of hydrogen-bond donors (Lipinski definition) is 0. The number of rotatable bonds is 9. The first kappa shape index (κ1) is 33.5. The normalized spacial score (nSPS) is 16.1. The lowest BCUT2D eigenvalue weighted by Gasteiger charge is -2.30. The van der Waals surface area contributed by atoms with E-state index >= 15 is 0 Å². The molecule has 9 heteroatoms. The van der Waals surface area contributed by atoms with Gasteiger partial charge in [0.1, 0.15) is 11.2 Å². The molecule has 1 unspecified atom stereocenters. The summed E-state index contributed by atoms with van der Waals surface area (Å²) in [6.07, 6.45) is 0.776. The van der Waals surface area contributed by atoms with E-state index in [4.69, 9.17) is 18.9 Å². The van der Waals surface area contributed by atoms with Crippen molar-refractivity contribution in [3.63, 3.8) is 0 Å². The third-order valence-electron chi connectivity index (χ3n) is 6.37. The fraction of sp³-hybridized carbons (Fsp3) is 0.515. The lowest BCUT2D eigenvalue weighted by molar-refractivity contribution is -0.165. The molecule has 0 N–H and O–H groups in total. The zero-order valence-electron chi connectivity index (χ0n) is 26.2. The summed E-state index contributed by atoms with van der Waals surface area (Å²) in [6.45, 7) is 15.5. The quantitative estimate of drug-likeness (QED) is 0.287. The van der Waals surface area contributed by atoms with Gasteiger partial charge in [-0.1, -0.05) is 49.2 Å². The molecule has 2 amide bonds.